The van der Waals surface area contributed by atoms with Crippen molar-refractivity contribution in [2.45, 2.75) is 6.54 Å². The van der Waals surface area contributed by atoms with Crippen molar-refractivity contribution in [1.82, 2.24) is 0 Å². The Morgan fingerprint density at radius 2 is 1.72 bits per heavy atom. The zero-order valence-corrected chi connectivity index (χ0v) is 11.9. The van der Waals surface area contributed by atoms with Gasteiger partial charge in [-0.05, 0) is 12.1 Å². The van der Waals surface area contributed by atoms with Crippen LogP contribution in [0.25, 0.3) is 0 Å². The maximum Gasteiger partial charge on any atom is 0.127 e. The van der Waals surface area contributed by atoms with E-state index >= 15 is 0 Å². The van der Waals surface area contributed by atoms with E-state index in [4.69, 9.17) is 28.3 Å². The number of benzene rings is 1. The lowest BCUT2D eigenvalue weighted by atomic mass is 10.2. The topological polar surface area (TPSA) is 29.1 Å². The molecule has 18 heavy (non-hydrogen) atoms. The van der Waals surface area contributed by atoms with E-state index in [2.05, 4.69) is 0 Å². The minimum Gasteiger partial charge on any atom is -0.391 e. The lowest BCUT2D eigenvalue weighted by Gasteiger charge is -2.29. The average Bonchev–Trinajstić information content (AvgIpc) is 2.35. The van der Waals surface area contributed by atoms with E-state index < -0.39 is 0 Å². The van der Waals surface area contributed by atoms with E-state index in [1.165, 1.54) is 10.5 Å². The number of hydrogen-bond donors (Lipinski definition) is 3. The summed E-state index contributed by atoms with van der Waals surface area (Å²) in [6.07, 6.45) is 0. The van der Waals surface area contributed by atoms with Crippen LogP contribution in [-0.2, 0) is 6.54 Å². The molecule has 0 amide bonds. The molecule has 0 aliphatic carbocycles. The van der Waals surface area contributed by atoms with Crippen LogP contribution in [0.4, 0.5) is 0 Å². The van der Waals surface area contributed by atoms with Gasteiger partial charge in [0.2, 0.25) is 0 Å². The highest BCUT2D eigenvalue weighted by molar-refractivity contribution is 6.35. The first-order chi connectivity index (χ1) is 8.69. The van der Waals surface area contributed by atoms with Crippen molar-refractivity contribution in [3.05, 3.63) is 33.8 Å². The Morgan fingerprint density at radius 1 is 1.06 bits per heavy atom. The molecule has 1 heterocycles. The molecule has 3 nitrogen and oxygen atoms in total. The Morgan fingerprint density at radius 3 is 2.33 bits per heavy atom. The number of quaternary nitrogens is 2. The lowest BCUT2D eigenvalue weighted by Crippen LogP contribution is -3.27. The highest BCUT2D eigenvalue weighted by Gasteiger charge is 2.22. The van der Waals surface area contributed by atoms with Gasteiger partial charge in [-0.1, -0.05) is 29.3 Å². The SMILES string of the molecule is OCC[NH+]1CC[NH+](Cc2ccc(Cl)cc2Cl)CC1. The van der Waals surface area contributed by atoms with E-state index in [9.17, 15) is 0 Å². The zero-order chi connectivity index (χ0) is 13.0. The van der Waals surface area contributed by atoms with Gasteiger partial charge >= 0.3 is 0 Å². The van der Waals surface area contributed by atoms with E-state index in [0.29, 0.717) is 5.02 Å². The second-order valence-electron chi connectivity index (χ2n) is 4.89. The predicted octanol–water partition coefficient (Wildman–Crippen LogP) is -0.731. The summed E-state index contributed by atoms with van der Waals surface area (Å²) >= 11 is 12.1. The predicted molar refractivity (Wildman–Crippen MR) is 73.5 cm³/mol. The van der Waals surface area contributed by atoms with Gasteiger partial charge in [-0.2, -0.15) is 0 Å². The molecule has 0 radical (unpaired) electrons. The number of rotatable bonds is 4. The maximum absolute atomic E-state index is 8.92. The smallest absolute Gasteiger partial charge is 0.127 e. The third kappa shape index (κ3) is 3.84. The molecule has 0 aromatic heterocycles. The third-order valence-electron chi connectivity index (χ3n) is 3.59. The molecule has 0 bridgehead atoms. The molecular weight excluding hydrogens is 271 g/mol. The fraction of sp³-hybridized carbons (Fsp3) is 0.538. The number of aliphatic hydroxyl groups is 1. The molecule has 3 N–H and O–H groups in total. The second-order valence-corrected chi connectivity index (χ2v) is 5.73. The summed E-state index contributed by atoms with van der Waals surface area (Å²) < 4.78 is 0. The van der Waals surface area contributed by atoms with Crippen LogP contribution in [0.2, 0.25) is 10.0 Å². The van der Waals surface area contributed by atoms with Gasteiger partial charge in [0.05, 0.1) is 11.6 Å². The Labute approximate surface area is 118 Å². The molecule has 1 fully saturated rings. The molecule has 1 saturated heterocycles. The van der Waals surface area contributed by atoms with E-state index in [1.54, 1.807) is 4.90 Å². The Hall–Kier alpha value is -0.320. The summed E-state index contributed by atoms with van der Waals surface area (Å²) in [7, 11) is 0. The molecule has 1 aromatic rings. The standard InChI is InChI=1S/C13H18Cl2N2O/c14-12-2-1-11(13(15)9-12)10-17-5-3-16(4-6-17)7-8-18/h1-2,9,18H,3-8,10H2/p+2. The minimum atomic E-state index is 0.285. The summed E-state index contributed by atoms with van der Waals surface area (Å²) in [5.74, 6) is 0. The number of piperazine rings is 1. The van der Waals surface area contributed by atoms with Gasteiger partial charge in [0.25, 0.3) is 0 Å². The fourth-order valence-electron chi connectivity index (χ4n) is 2.48. The van der Waals surface area contributed by atoms with Crippen LogP contribution < -0.4 is 9.80 Å². The molecule has 0 saturated carbocycles. The second kappa shape index (κ2) is 6.73. The number of nitrogens with one attached hydrogen (secondary N) is 2. The van der Waals surface area contributed by atoms with E-state index in [-0.39, 0.29) is 6.61 Å². The quantitative estimate of drug-likeness (QED) is 0.671. The largest absolute Gasteiger partial charge is 0.391 e. The first-order valence-electron chi connectivity index (χ1n) is 6.41. The van der Waals surface area contributed by atoms with Gasteiger partial charge in [0.15, 0.2) is 0 Å². The van der Waals surface area contributed by atoms with Crippen LogP contribution in [0, 0.1) is 0 Å². The molecule has 2 rings (SSSR count). The molecule has 1 aliphatic heterocycles. The van der Waals surface area contributed by atoms with Crippen LogP contribution in [-0.4, -0.2) is 44.4 Å². The summed E-state index contributed by atoms with van der Waals surface area (Å²) in [4.78, 5) is 3.06. The summed E-state index contributed by atoms with van der Waals surface area (Å²) in [6, 6.07) is 5.73. The van der Waals surface area contributed by atoms with Crippen LogP contribution in [0.15, 0.2) is 18.2 Å². The van der Waals surface area contributed by atoms with Crippen molar-refractivity contribution >= 4 is 23.2 Å². The van der Waals surface area contributed by atoms with Gasteiger partial charge in [0.1, 0.15) is 39.3 Å². The van der Waals surface area contributed by atoms with Crippen LogP contribution >= 0.6 is 23.2 Å². The summed E-state index contributed by atoms with van der Waals surface area (Å²) in [5, 5.41) is 10.4. The molecule has 5 heteroatoms. The minimum absolute atomic E-state index is 0.285. The van der Waals surface area contributed by atoms with Crippen molar-refractivity contribution in [1.29, 1.82) is 0 Å². The van der Waals surface area contributed by atoms with Crippen LogP contribution in [0.3, 0.4) is 0 Å². The molecule has 0 atom stereocenters. The fourth-order valence-corrected chi connectivity index (χ4v) is 2.95. The molecule has 0 unspecified atom stereocenters. The van der Waals surface area contributed by atoms with Crippen LogP contribution in [0.5, 0.6) is 0 Å². The van der Waals surface area contributed by atoms with Gasteiger partial charge < -0.3 is 14.9 Å². The Balaban J connectivity index is 1.87. The summed E-state index contributed by atoms with van der Waals surface area (Å²) in [5.41, 5.74) is 1.17. The van der Waals surface area contributed by atoms with Crippen molar-refractivity contribution in [2.24, 2.45) is 0 Å². The highest BCUT2D eigenvalue weighted by Crippen LogP contribution is 2.20. The number of hydrogen-bond acceptors (Lipinski definition) is 1. The number of halogens is 2. The molecule has 0 spiro atoms. The van der Waals surface area contributed by atoms with Crippen molar-refractivity contribution in [2.75, 3.05) is 39.3 Å². The van der Waals surface area contributed by atoms with E-state index in [1.807, 2.05) is 18.2 Å². The third-order valence-corrected chi connectivity index (χ3v) is 4.17. The zero-order valence-electron chi connectivity index (χ0n) is 10.4. The molecule has 100 valence electrons. The Kier molecular flexibility index (Phi) is 5.27. The van der Waals surface area contributed by atoms with Gasteiger partial charge in [0, 0.05) is 10.6 Å². The van der Waals surface area contributed by atoms with Gasteiger partial charge in [-0.15, -0.1) is 0 Å². The van der Waals surface area contributed by atoms with Crippen molar-refractivity contribution in [3.8, 4) is 0 Å². The van der Waals surface area contributed by atoms with Crippen molar-refractivity contribution in [3.63, 3.8) is 0 Å². The normalized spacial score (nSPS) is 24.2. The molecule has 1 aromatic carbocycles. The van der Waals surface area contributed by atoms with Crippen molar-refractivity contribution < 1.29 is 14.9 Å². The first kappa shape index (κ1) is 14.1. The maximum atomic E-state index is 8.92. The average molecular weight is 291 g/mol. The molecular formula is C13H20Cl2N2O+2. The summed E-state index contributed by atoms with van der Waals surface area (Å²) in [6.45, 7) is 6.63. The first-order valence-corrected chi connectivity index (χ1v) is 7.16. The number of aliphatic hydroxyl groups excluding tert-OH is 1. The monoisotopic (exact) mass is 290 g/mol. The van der Waals surface area contributed by atoms with E-state index in [0.717, 1.165) is 44.3 Å². The van der Waals surface area contributed by atoms with Gasteiger partial charge in [-0.3, -0.25) is 0 Å². The highest BCUT2D eigenvalue weighted by atomic mass is 35.5. The lowest BCUT2D eigenvalue weighted by molar-refractivity contribution is -1.02. The van der Waals surface area contributed by atoms with Gasteiger partial charge in [-0.25, -0.2) is 0 Å². The molecule has 1 aliphatic rings. The van der Waals surface area contributed by atoms with Crippen LogP contribution in [0.1, 0.15) is 5.56 Å². The Bertz CT molecular complexity index is 393.